The van der Waals surface area contributed by atoms with E-state index in [-0.39, 0.29) is 18.2 Å². The summed E-state index contributed by atoms with van der Waals surface area (Å²) in [4.78, 5) is 64.9. The Labute approximate surface area is 291 Å². The topological polar surface area (TPSA) is 157 Å². The molecule has 4 amide bonds. The van der Waals surface area contributed by atoms with Crippen LogP contribution in [0, 0.1) is 11.8 Å². The molecule has 0 aromatic heterocycles. The summed E-state index contributed by atoms with van der Waals surface area (Å²) in [6.07, 6.45) is 4.04. The summed E-state index contributed by atoms with van der Waals surface area (Å²) in [5, 5.41) is 10.7. The molecule has 1 saturated carbocycles. The van der Waals surface area contributed by atoms with Crippen LogP contribution in [-0.2, 0) is 29.3 Å². The van der Waals surface area contributed by atoms with Gasteiger partial charge in [-0.05, 0) is 65.3 Å². The van der Waals surface area contributed by atoms with Crippen LogP contribution in [-0.4, -0.2) is 48.2 Å². The van der Waals surface area contributed by atoms with E-state index >= 15 is 0 Å². The molecule has 5 N–H and O–H groups in total. The number of ketones is 1. The minimum Gasteiger partial charge on any atom is -0.440 e. The number of ether oxygens (including phenoxy) is 1. The molecule has 4 atom stereocenters. The van der Waals surface area contributed by atoms with Gasteiger partial charge in [0.05, 0.1) is 6.04 Å². The molecule has 49 heavy (non-hydrogen) atoms. The maximum atomic E-state index is 13.9. The van der Waals surface area contributed by atoms with Gasteiger partial charge in [-0.15, -0.1) is 0 Å². The van der Waals surface area contributed by atoms with Gasteiger partial charge in [0.15, 0.2) is 0 Å². The molecule has 3 aromatic carbocycles. The van der Waals surface area contributed by atoms with Crippen LogP contribution in [0.5, 0.6) is 0 Å². The molecule has 0 radical (unpaired) electrons. The fraction of sp³-hybridized carbons (Fsp3) is 0.447. The molecule has 11 heteroatoms. The van der Waals surface area contributed by atoms with Crippen LogP contribution in [0.2, 0.25) is 5.02 Å². The van der Waals surface area contributed by atoms with Crippen LogP contribution < -0.4 is 21.7 Å². The van der Waals surface area contributed by atoms with E-state index < -0.39 is 53.2 Å². The minimum absolute atomic E-state index is 0.0716. The lowest BCUT2D eigenvalue weighted by molar-refractivity contribution is -0.139. The summed E-state index contributed by atoms with van der Waals surface area (Å²) in [6, 6.07) is 18.8. The third kappa shape index (κ3) is 8.97. The molecule has 1 aliphatic carbocycles. The zero-order chi connectivity index (χ0) is 35.1. The molecule has 1 heterocycles. The van der Waals surface area contributed by atoms with E-state index in [2.05, 4.69) is 16.0 Å². The molecular formula is C38H45ClN4O6. The summed E-state index contributed by atoms with van der Waals surface area (Å²) < 4.78 is 6.26. The normalized spacial score (nSPS) is 18.6. The summed E-state index contributed by atoms with van der Waals surface area (Å²) in [6.45, 7) is 4.38. The summed E-state index contributed by atoms with van der Waals surface area (Å²) in [5.41, 5.74) is 6.19. The van der Waals surface area contributed by atoms with Crippen molar-refractivity contribution in [2.75, 3.05) is 6.54 Å². The van der Waals surface area contributed by atoms with E-state index in [0.29, 0.717) is 24.4 Å². The molecular weight excluding hydrogens is 644 g/mol. The number of hydrogen-bond acceptors (Lipinski definition) is 6. The van der Waals surface area contributed by atoms with Crippen molar-refractivity contribution < 1.29 is 28.7 Å². The van der Waals surface area contributed by atoms with Crippen LogP contribution in [0.4, 0.5) is 4.79 Å². The molecule has 5 rings (SSSR count). The van der Waals surface area contributed by atoms with Crippen molar-refractivity contribution in [2.24, 2.45) is 17.6 Å². The Kier molecular flexibility index (Phi) is 11.6. The van der Waals surface area contributed by atoms with Crippen molar-refractivity contribution in [2.45, 2.75) is 88.8 Å². The molecule has 3 aromatic rings. The first-order valence-electron chi connectivity index (χ1n) is 17.1. The van der Waals surface area contributed by atoms with Gasteiger partial charge in [-0.2, -0.15) is 0 Å². The lowest BCUT2D eigenvalue weighted by Crippen LogP contribution is -2.54. The molecule has 10 nitrogen and oxygen atoms in total. The van der Waals surface area contributed by atoms with Gasteiger partial charge >= 0.3 is 6.09 Å². The maximum Gasteiger partial charge on any atom is 0.408 e. The van der Waals surface area contributed by atoms with Gasteiger partial charge in [-0.3, -0.25) is 19.2 Å². The van der Waals surface area contributed by atoms with Gasteiger partial charge in [0, 0.05) is 22.9 Å². The number of nitrogens with two attached hydrogens (primary N) is 1. The Morgan fingerprint density at radius 1 is 0.898 bits per heavy atom. The number of amides is 4. The van der Waals surface area contributed by atoms with Gasteiger partial charge in [0.25, 0.3) is 5.91 Å². The van der Waals surface area contributed by atoms with E-state index in [1.165, 1.54) is 0 Å². The van der Waals surface area contributed by atoms with Gasteiger partial charge < -0.3 is 26.4 Å². The monoisotopic (exact) mass is 688 g/mol. The van der Waals surface area contributed by atoms with Crippen LogP contribution in [0.1, 0.15) is 82.4 Å². The number of fused-ring (bicyclic) bond motifs is 1. The number of carbonyl (C=O) groups is 5. The van der Waals surface area contributed by atoms with Crippen molar-refractivity contribution in [1.29, 1.82) is 0 Å². The first-order valence-corrected chi connectivity index (χ1v) is 17.4. The molecule has 1 aliphatic heterocycles. The van der Waals surface area contributed by atoms with Crippen molar-refractivity contribution in [3.05, 3.63) is 82.9 Å². The van der Waals surface area contributed by atoms with E-state index in [4.69, 9.17) is 22.1 Å². The number of benzene rings is 3. The fourth-order valence-electron chi connectivity index (χ4n) is 7.14. The number of rotatable bonds is 13. The molecule has 1 saturated heterocycles. The first kappa shape index (κ1) is 35.9. The molecule has 2 aliphatic rings. The lowest BCUT2D eigenvalue weighted by Gasteiger charge is -2.35. The Balaban J connectivity index is 1.42. The molecule has 260 valence electrons. The van der Waals surface area contributed by atoms with Crippen molar-refractivity contribution in [3.8, 4) is 0 Å². The van der Waals surface area contributed by atoms with Crippen molar-refractivity contribution in [1.82, 2.24) is 16.0 Å². The fourth-order valence-corrected chi connectivity index (χ4v) is 7.33. The number of Topliss-reactive ketones (excluding diaryl/α,β-unsaturated/α-hetero) is 1. The summed E-state index contributed by atoms with van der Waals surface area (Å²) >= 11 is 6.39. The quantitative estimate of drug-likeness (QED) is 0.170. The maximum absolute atomic E-state index is 13.9. The SMILES string of the molecule is CC(C)(c1cccc(Cl)c1)C(OC(=O)N[C@@H](CC1CCCCC1)C(=O)N[C@@H](C[C@@H]1CCNC1=O)C(=O)C(N)=O)c1ccc2ccccc2c1. The van der Waals surface area contributed by atoms with E-state index in [9.17, 15) is 24.0 Å². The molecule has 0 bridgehead atoms. The van der Waals surface area contributed by atoms with Crippen LogP contribution in [0.25, 0.3) is 10.8 Å². The smallest absolute Gasteiger partial charge is 0.408 e. The second-order valence-electron chi connectivity index (χ2n) is 13.9. The van der Waals surface area contributed by atoms with E-state index in [1.54, 1.807) is 6.07 Å². The first-order chi connectivity index (χ1) is 23.4. The predicted molar refractivity (Wildman–Crippen MR) is 188 cm³/mol. The number of nitrogens with one attached hydrogen (secondary N) is 3. The van der Waals surface area contributed by atoms with Crippen molar-refractivity contribution in [3.63, 3.8) is 0 Å². The molecule has 0 spiro atoms. The minimum atomic E-state index is -1.31. The average molecular weight is 689 g/mol. The number of carbonyl (C=O) groups excluding carboxylic acids is 5. The van der Waals surface area contributed by atoms with Gasteiger partial charge in [0.1, 0.15) is 12.1 Å². The summed E-state index contributed by atoms with van der Waals surface area (Å²) in [5.74, 6) is -3.49. The standard InChI is InChI=1S/C38H45ClN4O6/c1-38(2,28-13-8-14-29(39)22-28)33(26-16-15-24-11-6-7-12-25(24)20-26)49-37(48)43-31(19-23-9-4-3-5-10-23)36(47)42-30(32(44)34(40)45)21-27-17-18-41-35(27)46/h6-8,11-16,20,22-23,27,30-31,33H,3-5,9-10,17-19,21H2,1-2H3,(H2,40,45)(H,41,46)(H,42,47)(H,43,48)/t27-,30-,31-,33?/m0/s1. The zero-order valence-electron chi connectivity index (χ0n) is 28.0. The van der Waals surface area contributed by atoms with Crippen molar-refractivity contribution >= 4 is 52.0 Å². The second-order valence-corrected chi connectivity index (χ2v) is 14.3. The lowest BCUT2D eigenvalue weighted by atomic mass is 9.76. The molecule has 2 fully saturated rings. The third-order valence-corrected chi connectivity index (χ3v) is 10.2. The second kappa shape index (κ2) is 15.8. The Hall–Kier alpha value is -4.44. The van der Waals surface area contributed by atoms with Gasteiger partial charge in [-0.1, -0.05) is 106 Å². The number of alkyl carbamates (subject to hydrolysis) is 1. The van der Waals surface area contributed by atoms with Gasteiger partial charge in [0.2, 0.25) is 17.6 Å². The summed E-state index contributed by atoms with van der Waals surface area (Å²) in [7, 11) is 0. The van der Waals surface area contributed by atoms with Gasteiger partial charge in [-0.25, -0.2) is 4.79 Å². The Bertz CT molecular complexity index is 1700. The largest absolute Gasteiger partial charge is 0.440 e. The number of hydrogen-bond donors (Lipinski definition) is 4. The zero-order valence-corrected chi connectivity index (χ0v) is 28.8. The highest BCUT2D eigenvalue weighted by Crippen LogP contribution is 2.41. The van der Waals surface area contributed by atoms with Crippen LogP contribution in [0.15, 0.2) is 66.7 Å². The number of halogens is 1. The highest BCUT2D eigenvalue weighted by atomic mass is 35.5. The predicted octanol–water partition coefficient (Wildman–Crippen LogP) is 5.64. The Morgan fingerprint density at radius 3 is 2.31 bits per heavy atom. The van der Waals surface area contributed by atoms with Crippen LogP contribution in [0.3, 0.4) is 0 Å². The Morgan fingerprint density at radius 2 is 1.63 bits per heavy atom. The van der Waals surface area contributed by atoms with Crippen LogP contribution >= 0.6 is 11.6 Å². The highest BCUT2D eigenvalue weighted by molar-refractivity contribution is 6.38. The van der Waals surface area contributed by atoms with E-state index in [0.717, 1.165) is 54.0 Å². The average Bonchev–Trinajstić information content (AvgIpc) is 3.50. The van der Waals surface area contributed by atoms with E-state index in [1.807, 2.05) is 74.5 Å². The highest BCUT2D eigenvalue weighted by Gasteiger charge is 2.39. The third-order valence-electron chi connectivity index (χ3n) is 9.99. The number of primary amides is 1. The molecule has 1 unspecified atom stereocenters.